The van der Waals surface area contributed by atoms with Gasteiger partial charge in [0.25, 0.3) is 0 Å². The van der Waals surface area contributed by atoms with Crippen LogP contribution >= 0.6 is 24.0 Å². The normalized spacial score (nSPS) is 19.3. The molecule has 170 valence electrons. The van der Waals surface area contributed by atoms with E-state index in [2.05, 4.69) is 20.8 Å². The second-order valence-corrected chi connectivity index (χ2v) is 8.54. The Labute approximate surface area is 193 Å². The zero-order valence-corrected chi connectivity index (χ0v) is 18.9. The van der Waals surface area contributed by atoms with Crippen molar-refractivity contribution in [1.82, 2.24) is 9.80 Å². The van der Waals surface area contributed by atoms with Gasteiger partial charge >= 0.3 is 6.18 Å². The van der Waals surface area contributed by atoms with Crippen LogP contribution in [-0.2, 0) is 12.7 Å². The molecule has 2 aromatic carbocycles. The third-order valence-corrected chi connectivity index (χ3v) is 6.62. The van der Waals surface area contributed by atoms with E-state index in [1.165, 1.54) is 12.1 Å². The van der Waals surface area contributed by atoms with Crippen molar-refractivity contribution >= 4 is 29.7 Å². The van der Waals surface area contributed by atoms with E-state index in [9.17, 15) is 13.2 Å². The van der Waals surface area contributed by atoms with Gasteiger partial charge in [0, 0.05) is 38.8 Å². The molecule has 0 aliphatic carbocycles. The highest BCUT2D eigenvalue weighted by molar-refractivity contribution is 6.33. The highest BCUT2D eigenvalue weighted by atomic mass is 35.5. The highest BCUT2D eigenvalue weighted by Crippen LogP contribution is 2.33. The molecular formula is C23H28Cl2F3N3. The minimum absolute atomic E-state index is 0. The molecule has 0 unspecified atom stereocenters. The summed E-state index contributed by atoms with van der Waals surface area (Å²) in [5.74, 6) is 0. The fourth-order valence-corrected chi connectivity index (χ4v) is 4.91. The van der Waals surface area contributed by atoms with Crippen LogP contribution in [0.4, 0.5) is 18.9 Å². The van der Waals surface area contributed by atoms with Crippen molar-refractivity contribution in [1.29, 1.82) is 0 Å². The van der Waals surface area contributed by atoms with Crippen LogP contribution in [0.2, 0.25) is 5.02 Å². The Bertz CT molecular complexity index is 846. The maximum absolute atomic E-state index is 13.2. The molecule has 8 heteroatoms. The second kappa shape index (κ2) is 10.4. The first-order valence-electron chi connectivity index (χ1n) is 10.5. The monoisotopic (exact) mass is 473 g/mol. The molecule has 0 N–H and O–H groups in total. The van der Waals surface area contributed by atoms with Crippen LogP contribution in [-0.4, -0.2) is 55.1 Å². The number of halogens is 5. The number of piperidine rings is 1. The molecule has 2 heterocycles. The Balaban J connectivity index is 0.00000272. The molecule has 0 aromatic heterocycles. The second-order valence-electron chi connectivity index (χ2n) is 8.14. The maximum Gasteiger partial charge on any atom is 0.416 e. The summed E-state index contributed by atoms with van der Waals surface area (Å²) in [5.41, 5.74) is 0.955. The minimum Gasteiger partial charge on any atom is -0.368 e. The molecular weight excluding hydrogens is 446 g/mol. The molecule has 0 saturated carbocycles. The van der Waals surface area contributed by atoms with Crippen molar-refractivity contribution in [2.24, 2.45) is 0 Å². The maximum atomic E-state index is 13.2. The fourth-order valence-electron chi connectivity index (χ4n) is 4.65. The zero-order chi connectivity index (χ0) is 21.1. The summed E-state index contributed by atoms with van der Waals surface area (Å²) in [5, 5.41) is 0.790. The molecule has 2 saturated heterocycles. The molecule has 2 aliphatic rings. The summed E-state index contributed by atoms with van der Waals surface area (Å²) in [6, 6.07) is 14.4. The molecule has 4 rings (SSSR count). The Morgan fingerprint density at radius 2 is 1.45 bits per heavy atom. The molecule has 3 nitrogen and oxygen atoms in total. The number of rotatable bonds is 4. The van der Waals surface area contributed by atoms with Gasteiger partial charge in [0.1, 0.15) is 0 Å². The van der Waals surface area contributed by atoms with Gasteiger partial charge in [0.2, 0.25) is 0 Å². The lowest BCUT2D eigenvalue weighted by Crippen LogP contribution is -2.53. The van der Waals surface area contributed by atoms with E-state index < -0.39 is 11.7 Å². The third-order valence-electron chi connectivity index (χ3n) is 6.30. The summed E-state index contributed by atoms with van der Waals surface area (Å²) in [6.07, 6.45) is -2.29. The van der Waals surface area contributed by atoms with Crippen molar-refractivity contribution in [3.05, 3.63) is 64.7 Å². The average molecular weight is 474 g/mol. The molecule has 0 bridgehead atoms. The van der Waals surface area contributed by atoms with Gasteiger partial charge in [-0.1, -0.05) is 41.9 Å². The Hall–Kier alpha value is -1.47. The number of hydrogen-bond acceptors (Lipinski definition) is 3. The lowest BCUT2D eigenvalue weighted by molar-refractivity contribution is -0.138. The Morgan fingerprint density at radius 3 is 2.10 bits per heavy atom. The molecule has 2 aliphatic heterocycles. The van der Waals surface area contributed by atoms with Crippen molar-refractivity contribution in [3.8, 4) is 0 Å². The number of benzene rings is 2. The van der Waals surface area contributed by atoms with Gasteiger partial charge in [-0.05, 0) is 49.7 Å². The van der Waals surface area contributed by atoms with Crippen molar-refractivity contribution in [3.63, 3.8) is 0 Å². The summed E-state index contributed by atoms with van der Waals surface area (Å²) >= 11 is 6.33. The van der Waals surface area contributed by atoms with Crippen molar-refractivity contribution in [2.75, 3.05) is 44.2 Å². The van der Waals surface area contributed by atoms with Gasteiger partial charge in [0.15, 0.2) is 0 Å². The Morgan fingerprint density at radius 1 is 0.839 bits per heavy atom. The van der Waals surface area contributed by atoms with Crippen LogP contribution in [0.25, 0.3) is 0 Å². The number of para-hydroxylation sites is 1. The lowest BCUT2D eigenvalue weighted by atomic mass is 10.00. The van der Waals surface area contributed by atoms with E-state index in [1.54, 1.807) is 12.1 Å². The summed E-state index contributed by atoms with van der Waals surface area (Å²) in [6.45, 7) is 5.91. The van der Waals surface area contributed by atoms with E-state index in [4.69, 9.17) is 11.6 Å². The fraction of sp³-hybridized carbons (Fsp3) is 0.478. The number of nitrogens with zero attached hydrogens (tertiary/aromatic N) is 3. The van der Waals surface area contributed by atoms with Crippen LogP contribution in [0.3, 0.4) is 0 Å². The van der Waals surface area contributed by atoms with Gasteiger partial charge < -0.3 is 4.90 Å². The number of likely N-dealkylation sites (tertiary alicyclic amines) is 1. The Kier molecular flexibility index (Phi) is 8.14. The van der Waals surface area contributed by atoms with Crippen LogP contribution in [0.1, 0.15) is 24.0 Å². The standard InChI is InChI=1S/C23H27ClF3N3.ClH/c24-21-7-3-4-8-22(21)30-15-13-29(14-16-30)19-9-11-28(12-10-19)17-18-5-1-2-6-20(18)23(25,26)27;/h1-8,19H,9-17H2;1H. The van der Waals surface area contributed by atoms with Crippen LogP contribution in [0.5, 0.6) is 0 Å². The van der Waals surface area contributed by atoms with E-state index in [-0.39, 0.29) is 12.4 Å². The summed E-state index contributed by atoms with van der Waals surface area (Å²) < 4.78 is 39.7. The van der Waals surface area contributed by atoms with Crippen molar-refractivity contribution in [2.45, 2.75) is 31.6 Å². The molecule has 0 amide bonds. The lowest BCUT2D eigenvalue weighted by Gasteiger charge is -2.43. The van der Waals surface area contributed by atoms with Gasteiger partial charge in [-0.15, -0.1) is 12.4 Å². The van der Waals surface area contributed by atoms with Crippen molar-refractivity contribution < 1.29 is 13.2 Å². The first kappa shape index (κ1) is 24.2. The van der Waals surface area contributed by atoms with Gasteiger partial charge in [0.05, 0.1) is 16.3 Å². The van der Waals surface area contributed by atoms with E-state index in [0.29, 0.717) is 18.2 Å². The SMILES string of the molecule is Cl.FC(F)(F)c1ccccc1CN1CCC(N2CCN(c3ccccc3Cl)CC2)CC1. The van der Waals surface area contributed by atoms with Crippen LogP contribution < -0.4 is 4.90 Å². The molecule has 2 fully saturated rings. The van der Waals surface area contributed by atoms with E-state index >= 15 is 0 Å². The van der Waals surface area contributed by atoms with Gasteiger partial charge in [-0.25, -0.2) is 0 Å². The molecule has 0 radical (unpaired) electrons. The van der Waals surface area contributed by atoms with Crippen LogP contribution in [0.15, 0.2) is 48.5 Å². The largest absolute Gasteiger partial charge is 0.416 e. The molecule has 2 aromatic rings. The predicted molar refractivity (Wildman–Crippen MR) is 122 cm³/mol. The zero-order valence-electron chi connectivity index (χ0n) is 17.3. The quantitative estimate of drug-likeness (QED) is 0.574. The highest BCUT2D eigenvalue weighted by Gasteiger charge is 2.34. The average Bonchev–Trinajstić information content (AvgIpc) is 2.75. The van der Waals surface area contributed by atoms with E-state index in [1.807, 2.05) is 18.2 Å². The molecule has 0 atom stereocenters. The molecule has 31 heavy (non-hydrogen) atoms. The smallest absolute Gasteiger partial charge is 0.368 e. The number of hydrogen-bond donors (Lipinski definition) is 0. The number of alkyl halides is 3. The summed E-state index contributed by atoms with van der Waals surface area (Å²) in [7, 11) is 0. The van der Waals surface area contributed by atoms with E-state index in [0.717, 1.165) is 62.8 Å². The summed E-state index contributed by atoms with van der Waals surface area (Å²) in [4.78, 5) is 7.03. The predicted octanol–water partition coefficient (Wildman–Crippen LogP) is 5.57. The third kappa shape index (κ3) is 5.86. The molecule has 0 spiro atoms. The number of piperazine rings is 1. The van der Waals surface area contributed by atoms with Gasteiger partial charge in [-0.3, -0.25) is 9.80 Å². The minimum atomic E-state index is -4.30. The van der Waals surface area contributed by atoms with Crippen LogP contribution in [0, 0.1) is 0 Å². The van der Waals surface area contributed by atoms with Gasteiger partial charge in [-0.2, -0.15) is 13.2 Å². The first-order valence-corrected chi connectivity index (χ1v) is 10.9. The first-order chi connectivity index (χ1) is 14.4. The topological polar surface area (TPSA) is 9.72 Å². The number of anilines is 1.